The number of nitrogen functional groups attached to an aromatic ring is 1. The molecule has 1 aliphatic carbocycles. The van der Waals surface area contributed by atoms with E-state index in [9.17, 15) is 9.59 Å². The summed E-state index contributed by atoms with van der Waals surface area (Å²) in [5, 5.41) is 7.01. The van der Waals surface area contributed by atoms with E-state index < -0.39 is 22.6 Å². The lowest BCUT2D eigenvalue weighted by Gasteiger charge is -2.32. The second-order valence-corrected chi connectivity index (χ2v) is 8.73. The molecule has 10 heteroatoms. The molecule has 5 N–H and O–H groups in total. The van der Waals surface area contributed by atoms with Crippen molar-refractivity contribution in [2.75, 3.05) is 19.5 Å². The van der Waals surface area contributed by atoms with Gasteiger partial charge in [-0.15, -0.1) is 0 Å². The number of hydrogen-bond acceptors (Lipinski definition) is 7. The van der Waals surface area contributed by atoms with Gasteiger partial charge >= 0.3 is 5.69 Å². The second kappa shape index (κ2) is 7.35. The Hall–Kier alpha value is -3.37. The van der Waals surface area contributed by atoms with Crippen LogP contribution in [0.15, 0.2) is 51.0 Å². The van der Waals surface area contributed by atoms with Crippen LogP contribution in [0.3, 0.4) is 0 Å². The number of ether oxygens (including phenoxy) is 1. The zero-order chi connectivity index (χ0) is 22.6. The summed E-state index contributed by atoms with van der Waals surface area (Å²) in [6.07, 6.45) is 10.1. The van der Waals surface area contributed by atoms with Gasteiger partial charge < -0.3 is 21.6 Å². The predicted octanol–water partition coefficient (Wildman–Crippen LogP) is 1.76. The van der Waals surface area contributed by atoms with Gasteiger partial charge in [-0.05, 0) is 41.8 Å². The summed E-state index contributed by atoms with van der Waals surface area (Å²) in [7, 11) is 1.40. The molecule has 1 unspecified atom stereocenters. The fourth-order valence-electron chi connectivity index (χ4n) is 4.37. The molecule has 3 aromatic rings. The molecule has 3 aromatic heterocycles. The van der Waals surface area contributed by atoms with E-state index in [1.807, 2.05) is 29.0 Å². The summed E-state index contributed by atoms with van der Waals surface area (Å²) in [6, 6.07) is 0. The lowest BCUT2D eigenvalue weighted by atomic mass is 9.85. The Bertz CT molecular complexity index is 1420. The number of rotatable bonds is 5. The number of nitrogens with one attached hydrogen (secondary N) is 1. The average Bonchev–Trinajstić information content (AvgIpc) is 3.53. The molecule has 1 saturated carbocycles. The highest BCUT2D eigenvalue weighted by atomic mass is 32.1. The Labute approximate surface area is 186 Å². The van der Waals surface area contributed by atoms with Gasteiger partial charge in [-0.2, -0.15) is 16.0 Å². The molecule has 0 aromatic carbocycles. The molecule has 0 amide bonds. The van der Waals surface area contributed by atoms with Crippen molar-refractivity contribution in [1.82, 2.24) is 14.4 Å². The number of nitrogens with two attached hydrogens (primary N) is 2. The van der Waals surface area contributed by atoms with E-state index in [1.165, 1.54) is 18.4 Å². The van der Waals surface area contributed by atoms with E-state index in [0.717, 1.165) is 29.0 Å². The quantitative estimate of drug-likeness (QED) is 0.505. The van der Waals surface area contributed by atoms with E-state index in [-0.39, 0.29) is 29.3 Å². The maximum absolute atomic E-state index is 15.6. The second-order valence-electron chi connectivity index (χ2n) is 7.99. The maximum Gasteiger partial charge on any atom is 0.354 e. The first kappa shape index (κ1) is 20.5. The minimum Gasteiger partial charge on any atom is -0.494 e. The lowest BCUT2D eigenvalue weighted by Crippen LogP contribution is -2.45. The molecule has 0 bridgehead atoms. The summed E-state index contributed by atoms with van der Waals surface area (Å²) in [5.74, 6) is 5.13. The first-order valence-electron chi connectivity index (χ1n) is 10.2. The van der Waals surface area contributed by atoms with Gasteiger partial charge in [0.1, 0.15) is 5.52 Å². The minimum atomic E-state index is -0.830. The van der Waals surface area contributed by atoms with Crippen LogP contribution < -0.4 is 32.9 Å². The SMILES string of the molecule is COc1c(-c2cscc2C2(CN)C=CC=CN2)c(F)cn2c(=O)n(N)c(=O)c(C3CC3)c12. The number of pyridine rings is 1. The van der Waals surface area contributed by atoms with Crippen molar-refractivity contribution >= 4 is 16.9 Å². The van der Waals surface area contributed by atoms with Gasteiger partial charge in [0, 0.05) is 17.7 Å². The van der Waals surface area contributed by atoms with Gasteiger partial charge in [0.15, 0.2) is 11.6 Å². The molecule has 1 atom stereocenters. The Morgan fingerprint density at radius 1 is 1.31 bits per heavy atom. The number of nitrogens with zero attached hydrogens (tertiary/aromatic N) is 2. The van der Waals surface area contributed by atoms with Crippen molar-refractivity contribution in [2.45, 2.75) is 24.3 Å². The van der Waals surface area contributed by atoms with Crippen molar-refractivity contribution in [2.24, 2.45) is 5.73 Å². The van der Waals surface area contributed by atoms with Crippen LogP contribution in [-0.2, 0) is 5.54 Å². The summed E-state index contributed by atoms with van der Waals surface area (Å²) in [4.78, 5) is 25.6. The summed E-state index contributed by atoms with van der Waals surface area (Å²) < 4.78 is 22.9. The van der Waals surface area contributed by atoms with Gasteiger partial charge in [0.2, 0.25) is 0 Å². The van der Waals surface area contributed by atoms with Crippen LogP contribution in [0.1, 0.15) is 29.9 Å². The van der Waals surface area contributed by atoms with E-state index in [0.29, 0.717) is 15.8 Å². The van der Waals surface area contributed by atoms with Crippen molar-refractivity contribution in [3.8, 4) is 16.9 Å². The molecule has 1 aliphatic heterocycles. The monoisotopic (exact) mass is 455 g/mol. The van der Waals surface area contributed by atoms with Gasteiger partial charge in [-0.1, -0.05) is 12.2 Å². The fraction of sp³-hybridized carbons (Fsp3) is 0.273. The Morgan fingerprint density at radius 2 is 2.09 bits per heavy atom. The van der Waals surface area contributed by atoms with Gasteiger partial charge in [0.25, 0.3) is 5.56 Å². The van der Waals surface area contributed by atoms with Crippen molar-refractivity contribution in [1.29, 1.82) is 0 Å². The molecule has 2 aliphatic rings. The zero-order valence-electron chi connectivity index (χ0n) is 17.3. The van der Waals surface area contributed by atoms with Crippen molar-refractivity contribution in [3.63, 3.8) is 0 Å². The molecule has 32 heavy (non-hydrogen) atoms. The van der Waals surface area contributed by atoms with E-state index in [2.05, 4.69) is 5.32 Å². The van der Waals surface area contributed by atoms with Crippen molar-refractivity contribution < 1.29 is 9.13 Å². The third kappa shape index (κ3) is 2.83. The number of aromatic nitrogens is 2. The normalized spacial score (nSPS) is 20.0. The topological polar surface area (TPSA) is 117 Å². The van der Waals surface area contributed by atoms with Crippen LogP contribution >= 0.6 is 11.3 Å². The first-order valence-corrected chi connectivity index (χ1v) is 11.1. The summed E-state index contributed by atoms with van der Waals surface area (Å²) >= 11 is 1.40. The molecule has 0 spiro atoms. The maximum atomic E-state index is 15.6. The number of dihydropyridines is 1. The lowest BCUT2D eigenvalue weighted by molar-refractivity contribution is 0.414. The third-order valence-corrected chi connectivity index (χ3v) is 6.88. The molecule has 0 radical (unpaired) electrons. The molecule has 5 rings (SSSR count). The van der Waals surface area contributed by atoms with Gasteiger partial charge in [-0.25, -0.2) is 9.18 Å². The van der Waals surface area contributed by atoms with Crippen LogP contribution in [-0.4, -0.2) is 22.7 Å². The van der Waals surface area contributed by atoms with Crippen molar-refractivity contribution in [3.05, 3.63) is 79.2 Å². The number of fused-ring (bicyclic) bond motifs is 1. The standard InChI is InChI=1S/C22H22FN5O3S/c1-31-19-17(13-9-32-10-14(13)22(11-24)6-2-3-7-26-22)15(23)8-27-18(19)16(12-4-5-12)20(29)28(25)21(27)30/h2-3,6-10,12,26H,4-5,11,24-25H2,1H3. The highest BCUT2D eigenvalue weighted by Crippen LogP contribution is 2.47. The smallest absolute Gasteiger partial charge is 0.354 e. The van der Waals surface area contributed by atoms with Crippen LogP contribution in [0.4, 0.5) is 4.39 Å². The summed E-state index contributed by atoms with van der Waals surface area (Å²) in [5.41, 5.74) is 6.15. The molecule has 8 nitrogen and oxygen atoms in total. The van der Waals surface area contributed by atoms with Crippen LogP contribution in [0.2, 0.25) is 0 Å². The van der Waals surface area contributed by atoms with Gasteiger partial charge in [0.05, 0.1) is 30.0 Å². The number of thiophene rings is 1. The van der Waals surface area contributed by atoms with Crippen LogP contribution in [0.25, 0.3) is 16.6 Å². The Kier molecular flexibility index (Phi) is 4.72. The van der Waals surface area contributed by atoms with E-state index >= 15 is 4.39 Å². The molecule has 166 valence electrons. The van der Waals surface area contributed by atoms with Crippen LogP contribution in [0.5, 0.6) is 5.75 Å². The zero-order valence-corrected chi connectivity index (χ0v) is 18.1. The Balaban J connectivity index is 1.87. The number of halogens is 1. The third-order valence-electron chi connectivity index (χ3n) is 6.13. The van der Waals surface area contributed by atoms with E-state index in [4.69, 9.17) is 16.3 Å². The highest BCUT2D eigenvalue weighted by Gasteiger charge is 2.36. The molecule has 1 fully saturated rings. The molecular weight excluding hydrogens is 433 g/mol. The first-order chi connectivity index (χ1) is 15.4. The molecular formula is C22H22FN5O3S. The Morgan fingerprint density at radius 3 is 2.72 bits per heavy atom. The van der Waals surface area contributed by atoms with Crippen LogP contribution in [0, 0.1) is 5.82 Å². The number of methoxy groups -OCH3 is 1. The summed E-state index contributed by atoms with van der Waals surface area (Å²) in [6.45, 7) is 0.236. The predicted molar refractivity (Wildman–Crippen MR) is 122 cm³/mol. The molecule has 0 saturated heterocycles. The van der Waals surface area contributed by atoms with E-state index in [1.54, 1.807) is 6.20 Å². The van der Waals surface area contributed by atoms with Gasteiger partial charge in [-0.3, -0.25) is 9.20 Å². The minimum absolute atomic E-state index is 0.0504. The average molecular weight is 456 g/mol. The number of hydrogen-bond donors (Lipinski definition) is 3. The highest BCUT2D eigenvalue weighted by molar-refractivity contribution is 7.08. The number of allylic oxidation sites excluding steroid dienone is 2. The fourth-order valence-corrected chi connectivity index (χ4v) is 5.29. The largest absolute Gasteiger partial charge is 0.494 e. The molecule has 4 heterocycles.